The number of ketones is 1. The number of thiophene rings is 1. The van der Waals surface area contributed by atoms with Gasteiger partial charge >= 0.3 is 0 Å². The summed E-state index contributed by atoms with van der Waals surface area (Å²) >= 11 is 1.77. The summed E-state index contributed by atoms with van der Waals surface area (Å²) < 4.78 is 20.0. The zero-order valence-corrected chi connectivity index (χ0v) is 21.5. The molecule has 6 rings (SSSR count). The van der Waals surface area contributed by atoms with Crippen molar-refractivity contribution in [2.24, 2.45) is 0 Å². The van der Waals surface area contributed by atoms with Crippen molar-refractivity contribution in [1.29, 1.82) is 0 Å². The van der Waals surface area contributed by atoms with Crippen LogP contribution in [0.15, 0.2) is 53.7 Å². The number of carbonyl (C=O) groups excluding carboxylic acids is 1. The minimum absolute atomic E-state index is 0.0821. The lowest BCUT2D eigenvalue weighted by atomic mass is 9.98. The number of aryl methyl sites for hydroxylation is 2. The predicted octanol–water partition coefficient (Wildman–Crippen LogP) is 6.05. The molecule has 36 heavy (non-hydrogen) atoms. The van der Waals surface area contributed by atoms with Crippen molar-refractivity contribution in [2.45, 2.75) is 33.4 Å². The maximum Gasteiger partial charge on any atom is 0.232 e. The standard InChI is InChI=1S/C29H28N2O4S/c1-4-31-15-19(22-14-20(33-3)7-8-24(22)31)13-26-28(32)27-18(2)12-25-23(29(27)35-26)16-30(17-34-25)10-9-21-6-5-11-36-21/h5-8,11-15H,4,9-10,16-17H2,1-3H3/b26-13-. The Morgan fingerprint density at radius 1 is 1.22 bits per heavy atom. The molecular weight excluding hydrogens is 472 g/mol. The highest BCUT2D eigenvalue weighted by molar-refractivity contribution is 7.09. The second-order valence-electron chi connectivity index (χ2n) is 9.22. The molecule has 2 aromatic carbocycles. The monoisotopic (exact) mass is 500 g/mol. The Hall–Kier alpha value is -3.55. The quantitative estimate of drug-likeness (QED) is 0.302. The maximum atomic E-state index is 13.5. The van der Waals surface area contributed by atoms with Crippen LogP contribution in [0.3, 0.4) is 0 Å². The molecule has 0 N–H and O–H groups in total. The van der Waals surface area contributed by atoms with Gasteiger partial charge < -0.3 is 18.8 Å². The predicted molar refractivity (Wildman–Crippen MR) is 142 cm³/mol. The first-order chi connectivity index (χ1) is 17.6. The Morgan fingerprint density at radius 3 is 2.89 bits per heavy atom. The average Bonchev–Trinajstić information content (AvgIpc) is 3.61. The largest absolute Gasteiger partial charge is 0.497 e. The van der Waals surface area contributed by atoms with E-state index in [9.17, 15) is 4.79 Å². The molecule has 0 atom stereocenters. The summed E-state index contributed by atoms with van der Waals surface area (Å²) in [6, 6.07) is 12.2. The van der Waals surface area contributed by atoms with E-state index >= 15 is 0 Å². The van der Waals surface area contributed by atoms with Gasteiger partial charge in [-0.25, -0.2) is 0 Å². The minimum atomic E-state index is -0.0821. The molecule has 2 aliphatic heterocycles. The summed E-state index contributed by atoms with van der Waals surface area (Å²) in [5.74, 6) is 2.48. The lowest BCUT2D eigenvalue weighted by Gasteiger charge is -2.30. The van der Waals surface area contributed by atoms with E-state index in [4.69, 9.17) is 14.2 Å². The summed E-state index contributed by atoms with van der Waals surface area (Å²) in [6.07, 6.45) is 4.90. The molecule has 7 heteroatoms. The van der Waals surface area contributed by atoms with Gasteiger partial charge in [-0.2, -0.15) is 0 Å². The Morgan fingerprint density at radius 2 is 2.11 bits per heavy atom. The number of rotatable bonds is 6. The topological polar surface area (TPSA) is 52.9 Å². The third-order valence-electron chi connectivity index (χ3n) is 6.99. The van der Waals surface area contributed by atoms with E-state index in [1.165, 1.54) is 4.88 Å². The van der Waals surface area contributed by atoms with Gasteiger partial charge in [0.1, 0.15) is 24.0 Å². The number of hydrogen-bond donors (Lipinski definition) is 0. The fourth-order valence-corrected chi connectivity index (χ4v) is 5.79. The van der Waals surface area contributed by atoms with Gasteiger partial charge in [0.05, 0.1) is 18.2 Å². The smallest absolute Gasteiger partial charge is 0.232 e. The molecule has 2 aliphatic rings. The van der Waals surface area contributed by atoms with Crippen LogP contribution < -0.4 is 14.2 Å². The fourth-order valence-electron chi connectivity index (χ4n) is 5.09. The number of allylic oxidation sites excluding steroid dienone is 1. The number of aromatic nitrogens is 1. The molecule has 0 unspecified atom stereocenters. The zero-order chi connectivity index (χ0) is 24.8. The third-order valence-corrected chi connectivity index (χ3v) is 7.92. The first-order valence-electron chi connectivity index (χ1n) is 12.2. The SMILES string of the molecule is CCn1cc(/C=C2\Oc3c4c(cc(C)c3C2=O)OCN(CCc2cccs2)C4)c2cc(OC)ccc21. The number of carbonyl (C=O) groups is 1. The summed E-state index contributed by atoms with van der Waals surface area (Å²) in [5.41, 5.74) is 4.49. The van der Waals surface area contributed by atoms with Gasteiger partial charge in [-0.05, 0) is 67.6 Å². The molecule has 0 radical (unpaired) electrons. The molecule has 4 aromatic rings. The van der Waals surface area contributed by atoms with Gasteiger partial charge in [-0.1, -0.05) is 6.07 Å². The van der Waals surface area contributed by atoms with E-state index in [1.54, 1.807) is 18.4 Å². The molecular formula is C29H28N2O4S. The molecule has 0 amide bonds. The van der Waals surface area contributed by atoms with Crippen molar-refractivity contribution >= 4 is 34.1 Å². The van der Waals surface area contributed by atoms with Crippen molar-refractivity contribution < 1.29 is 19.0 Å². The van der Waals surface area contributed by atoms with Crippen LogP contribution in [-0.4, -0.2) is 35.6 Å². The van der Waals surface area contributed by atoms with Crippen LogP contribution >= 0.6 is 11.3 Å². The van der Waals surface area contributed by atoms with Crippen molar-refractivity contribution in [3.8, 4) is 17.2 Å². The number of ether oxygens (including phenoxy) is 3. The molecule has 0 fully saturated rings. The lowest BCUT2D eigenvalue weighted by molar-refractivity contribution is 0.0951. The lowest BCUT2D eigenvalue weighted by Crippen LogP contribution is -2.33. The van der Waals surface area contributed by atoms with Crippen molar-refractivity contribution in [2.75, 3.05) is 20.4 Å². The Balaban J connectivity index is 1.34. The Labute approximate surface area is 214 Å². The van der Waals surface area contributed by atoms with Crippen LogP contribution in [0.4, 0.5) is 0 Å². The van der Waals surface area contributed by atoms with Crippen molar-refractivity contribution in [1.82, 2.24) is 9.47 Å². The molecule has 0 saturated heterocycles. The minimum Gasteiger partial charge on any atom is -0.497 e. The fraction of sp³-hybridized carbons (Fsp3) is 0.276. The average molecular weight is 501 g/mol. The highest BCUT2D eigenvalue weighted by Gasteiger charge is 2.35. The van der Waals surface area contributed by atoms with Crippen molar-refractivity contribution in [3.05, 3.63) is 80.9 Å². The van der Waals surface area contributed by atoms with E-state index < -0.39 is 0 Å². The zero-order valence-electron chi connectivity index (χ0n) is 20.7. The van der Waals surface area contributed by atoms with Gasteiger partial charge in [-0.3, -0.25) is 9.69 Å². The summed E-state index contributed by atoms with van der Waals surface area (Å²) in [4.78, 5) is 17.1. The van der Waals surface area contributed by atoms with E-state index in [2.05, 4.69) is 40.1 Å². The number of methoxy groups -OCH3 is 1. The summed E-state index contributed by atoms with van der Waals surface area (Å²) in [5, 5.41) is 3.13. The van der Waals surface area contributed by atoms with Crippen LogP contribution in [-0.2, 0) is 19.5 Å². The number of Topliss-reactive ketones (excluding diaryl/α,β-unsaturated/α-hetero) is 1. The normalized spacial score (nSPS) is 16.2. The molecule has 6 nitrogen and oxygen atoms in total. The molecule has 0 saturated carbocycles. The number of hydrogen-bond acceptors (Lipinski definition) is 6. The van der Waals surface area contributed by atoms with Gasteiger partial charge in [0.2, 0.25) is 5.78 Å². The Kier molecular flexibility index (Phi) is 5.82. The van der Waals surface area contributed by atoms with Gasteiger partial charge in [-0.15, -0.1) is 11.3 Å². The number of nitrogens with zero attached hydrogens (tertiary/aromatic N) is 2. The highest BCUT2D eigenvalue weighted by atomic mass is 32.1. The van der Waals surface area contributed by atoms with Gasteiger partial charge in [0, 0.05) is 47.2 Å². The van der Waals surface area contributed by atoms with Crippen LogP contribution in [0.5, 0.6) is 17.2 Å². The molecule has 0 spiro atoms. The Bertz CT molecular complexity index is 1500. The number of fused-ring (bicyclic) bond motifs is 4. The first-order valence-corrected chi connectivity index (χ1v) is 13.1. The molecule has 2 aromatic heterocycles. The van der Waals surface area contributed by atoms with E-state index in [0.717, 1.165) is 58.6 Å². The molecule has 0 aliphatic carbocycles. The molecule has 4 heterocycles. The second-order valence-corrected chi connectivity index (χ2v) is 10.3. The van der Waals surface area contributed by atoms with Crippen LogP contribution in [0.2, 0.25) is 0 Å². The molecule has 184 valence electrons. The second kappa shape index (κ2) is 9.15. The van der Waals surface area contributed by atoms with Gasteiger partial charge in [0.25, 0.3) is 0 Å². The highest BCUT2D eigenvalue weighted by Crippen LogP contribution is 2.44. The van der Waals surface area contributed by atoms with E-state index in [0.29, 0.717) is 30.3 Å². The first kappa shape index (κ1) is 22.9. The van der Waals surface area contributed by atoms with Crippen LogP contribution in [0.1, 0.15) is 38.8 Å². The van der Waals surface area contributed by atoms with Crippen molar-refractivity contribution in [3.63, 3.8) is 0 Å². The third kappa shape index (κ3) is 3.88. The number of benzene rings is 2. The maximum absolute atomic E-state index is 13.5. The summed E-state index contributed by atoms with van der Waals surface area (Å²) in [7, 11) is 1.66. The van der Waals surface area contributed by atoms with Gasteiger partial charge in [0.15, 0.2) is 5.76 Å². The summed E-state index contributed by atoms with van der Waals surface area (Å²) in [6.45, 7) is 6.99. The van der Waals surface area contributed by atoms with Crippen LogP contribution in [0, 0.1) is 6.92 Å². The van der Waals surface area contributed by atoms with E-state index in [-0.39, 0.29) is 5.78 Å². The van der Waals surface area contributed by atoms with E-state index in [1.807, 2.05) is 37.3 Å². The van der Waals surface area contributed by atoms with Crippen LogP contribution in [0.25, 0.3) is 17.0 Å². The molecule has 0 bridgehead atoms.